The fourth-order valence-corrected chi connectivity index (χ4v) is 3.42. The zero-order chi connectivity index (χ0) is 26.6. The van der Waals surface area contributed by atoms with Gasteiger partial charge in [-0.25, -0.2) is 9.78 Å². The van der Waals surface area contributed by atoms with Crippen LogP contribution in [-0.2, 0) is 0 Å². The molecule has 0 unspecified atom stereocenters. The van der Waals surface area contributed by atoms with Crippen LogP contribution in [0.5, 0.6) is 0 Å². The van der Waals surface area contributed by atoms with Crippen molar-refractivity contribution >= 4 is 29.3 Å². The Balaban J connectivity index is 1.98. The van der Waals surface area contributed by atoms with Crippen molar-refractivity contribution in [1.82, 2.24) is 10.3 Å². The van der Waals surface area contributed by atoms with Crippen molar-refractivity contribution in [2.75, 3.05) is 11.9 Å². The number of aryl methyl sites for hydroxylation is 1. The van der Waals surface area contributed by atoms with E-state index in [0.717, 1.165) is 0 Å². The average molecular weight is 488 g/mol. The third kappa shape index (κ3) is 6.32. The number of carboxylic acids is 1. The summed E-state index contributed by atoms with van der Waals surface area (Å²) in [6, 6.07) is 14.1. The van der Waals surface area contributed by atoms with E-state index in [9.17, 15) is 19.5 Å². The van der Waals surface area contributed by atoms with E-state index in [2.05, 4.69) is 15.6 Å². The van der Waals surface area contributed by atoms with E-state index in [1.54, 1.807) is 43.3 Å². The van der Waals surface area contributed by atoms with Crippen LogP contribution in [0.25, 0.3) is 11.1 Å². The topological polar surface area (TPSA) is 158 Å². The molecule has 36 heavy (non-hydrogen) atoms. The van der Waals surface area contributed by atoms with Crippen LogP contribution in [0, 0.1) is 17.7 Å². The first-order valence-corrected chi connectivity index (χ1v) is 11.2. The predicted octanol–water partition coefficient (Wildman–Crippen LogP) is 4.07. The summed E-state index contributed by atoms with van der Waals surface area (Å²) in [4.78, 5) is 42.3. The van der Waals surface area contributed by atoms with Crippen LogP contribution in [0.3, 0.4) is 0 Å². The molecule has 0 saturated carbocycles. The number of nitrogens with two attached hydrogens (primary N) is 1. The van der Waals surface area contributed by atoms with Crippen molar-refractivity contribution in [1.29, 1.82) is 5.41 Å². The number of amidine groups is 1. The SMILES string of the molecule is Cc1ccc(-c2ccc(C(=O)NCC(C)(C)C)cc2C(=O)O)c(C(=O)Nc2ccc(C(=N)N)cc2)n1. The largest absolute Gasteiger partial charge is 0.478 e. The van der Waals surface area contributed by atoms with Crippen LogP contribution < -0.4 is 16.4 Å². The standard InChI is InChI=1S/C27H29N5O4/c1-15-5-11-20(22(31-15)25(34)32-18-9-6-16(7-10-18)23(28)29)19-12-8-17(13-21(19)26(35)36)24(33)30-14-27(2,3)4/h5-13H,14H2,1-4H3,(H3,28,29)(H,30,33)(H,32,34)(H,35,36). The lowest BCUT2D eigenvalue weighted by Gasteiger charge is -2.19. The molecule has 0 saturated heterocycles. The maximum atomic E-state index is 13.2. The van der Waals surface area contributed by atoms with Gasteiger partial charge in [0.05, 0.1) is 5.56 Å². The number of carboxylic acid groups (broad SMARTS) is 1. The molecule has 2 amide bonds. The first-order chi connectivity index (χ1) is 16.9. The first-order valence-electron chi connectivity index (χ1n) is 11.2. The molecule has 2 aromatic carbocycles. The van der Waals surface area contributed by atoms with Gasteiger partial charge in [0.1, 0.15) is 11.5 Å². The summed E-state index contributed by atoms with van der Waals surface area (Å²) in [6.45, 7) is 8.09. The predicted molar refractivity (Wildman–Crippen MR) is 139 cm³/mol. The second-order valence-corrected chi connectivity index (χ2v) is 9.60. The second-order valence-electron chi connectivity index (χ2n) is 9.60. The molecule has 1 heterocycles. The number of pyridine rings is 1. The quantitative estimate of drug-likeness (QED) is 0.250. The van der Waals surface area contributed by atoms with Gasteiger partial charge in [-0.15, -0.1) is 0 Å². The van der Waals surface area contributed by atoms with E-state index >= 15 is 0 Å². The lowest BCUT2D eigenvalue weighted by Crippen LogP contribution is -2.32. The van der Waals surface area contributed by atoms with Crippen LogP contribution in [0.2, 0.25) is 0 Å². The Morgan fingerprint density at radius 1 is 0.944 bits per heavy atom. The molecule has 6 N–H and O–H groups in total. The Kier molecular flexibility index (Phi) is 7.53. The molecule has 0 fully saturated rings. The molecule has 0 aliphatic heterocycles. The van der Waals surface area contributed by atoms with Gasteiger partial charge < -0.3 is 21.5 Å². The third-order valence-electron chi connectivity index (χ3n) is 5.28. The van der Waals surface area contributed by atoms with Crippen LogP contribution in [0.15, 0.2) is 54.6 Å². The minimum atomic E-state index is -1.23. The van der Waals surface area contributed by atoms with Gasteiger partial charge in [-0.3, -0.25) is 15.0 Å². The maximum absolute atomic E-state index is 13.2. The van der Waals surface area contributed by atoms with Crippen LogP contribution in [-0.4, -0.2) is 40.3 Å². The normalized spacial score (nSPS) is 11.0. The Hall–Kier alpha value is -4.53. The molecular weight excluding hydrogens is 458 g/mol. The molecule has 0 atom stereocenters. The Bertz CT molecular complexity index is 1340. The molecule has 186 valence electrons. The highest BCUT2D eigenvalue weighted by atomic mass is 16.4. The van der Waals surface area contributed by atoms with Gasteiger partial charge in [0.2, 0.25) is 0 Å². The number of anilines is 1. The molecule has 0 aliphatic carbocycles. The second kappa shape index (κ2) is 10.4. The summed E-state index contributed by atoms with van der Waals surface area (Å²) in [5, 5.41) is 22.9. The number of amides is 2. The monoisotopic (exact) mass is 487 g/mol. The molecule has 0 bridgehead atoms. The molecule has 1 aromatic heterocycles. The molecule has 0 spiro atoms. The number of benzene rings is 2. The van der Waals surface area contributed by atoms with Gasteiger partial charge >= 0.3 is 5.97 Å². The number of nitrogen functional groups attached to an aromatic ring is 1. The number of nitrogens with one attached hydrogen (secondary N) is 3. The number of carbonyl (C=O) groups excluding carboxylic acids is 2. The number of aromatic carboxylic acids is 1. The Labute approximate surface area is 209 Å². The number of hydrogen-bond acceptors (Lipinski definition) is 5. The van der Waals surface area contributed by atoms with Crippen molar-refractivity contribution in [3.05, 3.63) is 82.7 Å². The smallest absolute Gasteiger partial charge is 0.336 e. The van der Waals surface area contributed by atoms with E-state index in [1.807, 2.05) is 20.8 Å². The van der Waals surface area contributed by atoms with Gasteiger partial charge in [0.25, 0.3) is 11.8 Å². The van der Waals surface area contributed by atoms with Crippen molar-refractivity contribution < 1.29 is 19.5 Å². The summed E-state index contributed by atoms with van der Waals surface area (Å²) >= 11 is 0. The molecule has 3 aromatic rings. The highest BCUT2D eigenvalue weighted by Crippen LogP contribution is 2.29. The Morgan fingerprint density at radius 2 is 1.56 bits per heavy atom. The van der Waals surface area contributed by atoms with E-state index in [1.165, 1.54) is 18.2 Å². The summed E-state index contributed by atoms with van der Waals surface area (Å²) in [7, 11) is 0. The van der Waals surface area contributed by atoms with Gasteiger partial charge in [0.15, 0.2) is 0 Å². The summed E-state index contributed by atoms with van der Waals surface area (Å²) in [5.41, 5.74) is 7.60. The highest BCUT2D eigenvalue weighted by Gasteiger charge is 2.22. The van der Waals surface area contributed by atoms with Crippen molar-refractivity contribution in [2.24, 2.45) is 11.1 Å². The fraction of sp³-hybridized carbons (Fsp3) is 0.222. The molecule has 9 heteroatoms. The average Bonchev–Trinajstić information content (AvgIpc) is 2.82. The van der Waals surface area contributed by atoms with Gasteiger partial charge in [0, 0.05) is 34.6 Å². The maximum Gasteiger partial charge on any atom is 0.336 e. The zero-order valence-electron chi connectivity index (χ0n) is 20.6. The number of hydrogen-bond donors (Lipinski definition) is 5. The van der Waals surface area contributed by atoms with E-state index in [4.69, 9.17) is 11.1 Å². The van der Waals surface area contributed by atoms with Crippen LogP contribution in [0.4, 0.5) is 5.69 Å². The molecule has 0 radical (unpaired) electrons. The number of carbonyl (C=O) groups is 3. The lowest BCUT2D eigenvalue weighted by molar-refractivity contribution is 0.0697. The van der Waals surface area contributed by atoms with E-state index in [0.29, 0.717) is 29.1 Å². The molecular formula is C27H29N5O4. The molecule has 3 rings (SSSR count). The summed E-state index contributed by atoms with van der Waals surface area (Å²) in [5.74, 6) is -2.24. The zero-order valence-corrected chi connectivity index (χ0v) is 20.6. The van der Waals surface area contributed by atoms with E-state index < -0.39 is 11.9 Å². The molecule has 9 nitrogen and oxygen atoms in total. The van der Waals surface area contributed by atoms with Gasteiger partial charge in [-0.2, -0.15) is 0 Å². The minimum Gasteiger partial charge on any atom is -0.478 e. The Morgan fingerprint density at radius 3 is 2.14 bits per heavy atom. The number of nitrogens with zero attached hydrogens (tertiary/aromatic N) is 1. The van der Waals surface area contributed by atoms with Gasteiger partial charge in [-0.1, -0.05) is 32.9 Å². The summed E-state index contributed by atoms with van der Waals surface area (Å²) < 4.78 is 0. The van der Waals surface area contributed by atoms with Crippen LogP contribution in [0.1, 0.15) is 63.2 Å². The number of rotatable bonds is 7. The first kappa shape index (κ1) is 26.1. The lowest BCUT2D eigenvalue weighted by atomic mass is 9.94. The highest BCUT2D eigenvalue weighted by molar-refractivity contribution is 6.10. The van der Waals surface area contributed by atoms with Gasteiger partial charge in [-0.05, 0) is 60.4 Å². The molecule has 0 aliphatic rings. The van der Waals surface area contributed by atoms with Crippen molar-refractivity contribution in [3.8, 4) is 11.1 Å². The number of aromatic nitrogens is 1. The minimum absolute atomic E-state index is 0.0399. The van der Waals surface area contributed by atoms with Crippen molar-refractivity contribution in [2.45, 2.75) is 27.7 Å². The van der Waals surface area contributed by atoms with Crippen molar-refractivity contribution in [3.63, 3.8) is 0 Å². The van der Waals surface area contributed by atoms with Crippen LogP contribution >= 0.6 is 0 Å². The van der Waals surface area contributed by atoms with E-state index in [-0.39, 0.29) is 39.5 Å². The third-order valence-corrected chi connectivity index (χ3v) is 5.28. The summed E-state index contributed by atoms with van der Waals surface area (Å²) in [6.07, 6.45) is 0. The fourth-order valence-electron chi connectivity index (χ4n) is 3.42.